The molecule has 4 atom stereocenters. The molecule has 4 unspecified atom stereocenters. The first-order valence-corrected chi connectivity index (χ1v) is 6.25. The minimum absolute atomic E-state index is 0.00459. The van der Waals surface area contributed by atoms with E-state index in [1.807, 2.05) is 0 Å². The lowest BCUT2D eigenvalue weighted by Crippen LogP contribution is -2.30. The zero-order valence-corrected chi connectivity index (χ0v) is 10.3. The second-order valence-electron chi connectivity index (χ2n) is 4.71. The summed E-state index contributed by atoms with van der Waals surface area (Å²) in [5.41, 5.74) is 5.73. The quantitative estimate of drug-likeness (QED) is 0.547. The van der Waals surface area contributed by atoms with E-state index >= 15 is 0 Å². The van der Waals surface area contributed by atoms with Gasteiger partial charge in [0.15, 0.2) is 5.60 Å². The average molecular weight is 257 g/mol. The Morgan fingerprint density at radius 2 is 2.35 bits per heavy atom. The van der Waals surface area contributed by atoms with Gasteiger partial charge < -0.3 is 15.6 Å². The third kappa shape index (κ3) is 2.53. The maximum atomic E-state index is 11.7. The maximum absolute atomic E-state index is 11.7. The topological polar surface area (TPSA) is 92.9 Å². The largest absolute Gasteiger partial charge is 0.480 e. The lowest BCUT2D eigenvalue weighted by Gasteiger charge is -2.05. The average Bonchev–Trinajstić information content (AvgIpc) is 3.12. The highest BCUT2D eigenvalue weighted by molar-refractivity contribution is 8.14. The number of nitrogens with two attached hydrogens (primary N) is 1. The lowest BCUT2D eigenvalue weighted by atomic mass is 10.1. The van der Waals surface area contributed by atoms with Crippen LogP contribution in [0.15, 0.2) is 12.2 Å². The van der Waals surface area contributed by atoms with Gasteiger partial charge in [-0.1, -0.05) is 23.9 Å². The van der Waals surface area contributed by atoms with Gasteiger partial charge in [-0.25, -0.2) is 0 Å². The molecule has 17 heavy (non-hydrogen) atoms. The van der Waals surface area contributed by atoms with E-state index in [1.54, 1.807) is 6.92 Å². The van der Waals surface area contributed by atoms with Crippen molar-refractivity contribution in [2.75, 3.05) is 6.61 Å². The van der Waals surface area contributed by atoms with Gasteiger partial charge in [0.1, 0.15) is 6.04 Å². The van der Waals surface area contributed by atoms with Crippen LogP contribution in [0.25, 0.3) is 0 Å². The fraction of sp³-hybridized carbons (Fsp3) is 0.636. The number of aliphatic carboxylic acids is 1. The van der Waals surface area contributed by atoms with Gasteiger partial charge in [0.25, 0.3) is 0 Å². The molecule has 1 saturated carbocycles. The number of rotatable bonds is 5. The molecule has 2 rings (SSSR count). The van der Waals surface area contributed by atoms with Crippen LogP contribution in [0.4, 0.5) is 0 Å². The molecule has 0 radical (unpaired) electrons. The Morgan fingerprint density at radius 1 is 1.76 bits per heavy atom. The highest BCUT2D eigenvalue weighted by atomic mass is 32.2. The van der Waals surface area contributed by atoms with Gasteiger partial charge in [-0.15, -0.1) is 0 Å². The first-order valence-electron chi connectivity index (χ1n) is 5.37. The number of carbonyl (C=O) groups excluding carboxylic acids is 1. The molecule has 1 aliphatic heterocycles. The molecule has 94 valence electrons. The highest BCUT2D eigenvalue weighted by Crippen LogP contribution is 2.51. The van der Waals surface area contributed by atoms with E-state index in [4.69, 9.17) is 15.6 Å². The number of carboxylic acid groups (broad SMARTS) is 1. The van der Waals surface area contributed by atoms with E-state index in [9.17, 15) is 9.59 Å². The molecule has 1 heterocycles. The molecule has 2 fully saturated rings. The summed E-state index contributed by atoms with van der Waals surface area (Å²) in [5, 5.41) is 8.71. The maximum Gasteiger partial charge on any atom is 0.320 e. The number of hydrogen-bond donors (Lipinski definition) is 2. The fourth-order valence-corrected chi connectivity index (χ4v) is 2.91. The van der Waals surface area contributed by atoms with E-state index in [1.165, 1.54) is 11.8 Å². The predicted octanol–water partition coefficient (Wildman–Crippen LogP) is 0.392. The molecule has 6 heteroatoms. The van der Waals surface area contributed by atoms with Crippen molar-refractivity contribution in [1.82, 2.24) is 0 Å². The molecular weight excluding hydrogens is 242 g/mol. The van der Waals surface area contributed by atoms with Crippen LogP contribution in [0.3, 0.4) is 0 Å². The molecule has 0 bridgehead atoms. The number of hydrogen-bond acceptors (Lipinski definition) is 5. The van der Waals surface area contributed by atoms with Crippen molar-refractivity contribution in [3.05, 3.63) is 12.2 Å². The van der Waals surface area contributed by atoms with Gasteiger partial charge >= 0.3 is 5.97 Å². The van der Waals surface area contributed by atoms with Crippen molar-refractivity contribution in [3.63, 3.8) is 0 Å². The van der Waals surface area contributed by atoms with Gasteiger partial charge in [-0.2, -0.15) is 0 Å². The Labute approximate surface area is 103 Å². The van der Waals surface area contributed by atoms with E-state index in [0.717, 1.165) is 5.57 Å². The Morgan fingerprint density at radius 3 is 2.82 bits per heavy atom. The van der Waals surface area contributed by atoms with Crippen LogP contribution < -0.4 is 5.73 Å². The van der Waals surface area contributed by atoms with Crippen LogP contribution in [0.1, 0.15) is 13.3 Å². The summed E-state index contributed by atoms with van der Waals surface area (Å²) >= 11 is 1.19. The van der Waals surface area contributed by atoms with Crippen molar-refractivity contribution >= 4 is 22.8 Å². The number of ether oxygens (including phenoxy) is 1. The van der Waals surface area contributed by atoms with Crippen molar-refractivity contribution < 1.29 is 19.4 Å². The summed E-state index contributed by atoms with van der Waals surface area (Å²) in [7, 11) is 0. The van der Waals surface area contributed by atoms with Gasteiger partial charge in [0.2, 0.25) is 5.12 Å². The molecule has 0 aromatic rings. The molecule has 2 aliphatic rings. The smallest absolute Gasteiger partial charge is 0.320 e. The molecule has 1 aliphatic carbocycles. The molecule has 0 aromatic heterocycles. The Bertz CT molecular complexity index is 391. The standard InChI is InChI=1S/C11H15NO4S/c1-5-6(3-7(12)9(13)14)8(5)17-10(15)11(2)4-16-11/h6-8H,1,3-4,12H2,2H3,(H,13,14). The van der Waals surface area contributed by atoms with E-state index in [-0.39, 0.29) is 16.3 Å². The first-order chi connectivity index (χ1) is 7.85. The molecule has 1 saturated heterocycles. The number of thioether (sulfide) groups is 1. The number of carbonyl (C=O) groups is 2. The van der Waals surface area contributed by atoms with Crippen molar-refractivity contribution in [1.29, 1.82) is 0 Å². The second-order valence-corrected chi connectivity index (χ2v) is 5.82. The van der Waals surface area contributed by atoms with Crippen molar-refractivity contribution in [2.45, 2.75) is 30.2 Å². The zero-order chi connectivity index (χ0) is 12.8. The second kappa shape index (κ2) is 4.12. The number of epoxide rings is 1. The van der Waals surface area contributed by atoms with Crippen LogP contribution in [0.5, 0.6) is 0 Å². The normalized spacial score (nSPS) is 36.5. The zero-order valence-electron chi connectivity index (χ0n) is 9.51. The number of carboxylic acids is 1. The summed E-state index contributed by atoms with van der Waals surface area (Å²) in [6.07, 6.45) is 0.344. The van der Waals surface area contributed by atoms with Gasteiger partial charge in [-0.3, -0.25) is 9.59 Å². The molecule has 0 spiro atoms. The van der Waals surface area contributed by atoms with Crippen LogP contribution >= 0.6 is 11.8 Å². The summed E-state index contributed by atoms with van der Waals surface area (Å²) in [6, 6.07) is -0.884. The third-order valence-electron chi connectivity index (χ3n) is 3.17. The molecule has 5 nitrogen and oxygen atoms in total. The van der Waals surface area contributed by atoms with Crippen LogP contribution in [-0.4, -0.2) is 39.7 Å². The third-order valence-corrected chi connectivity index (χ3v) is 4.70. The summed E-state index contributed by atoms with van der Waals surface area (Å²) in [6.45, 7) is 6.06. The van der Waals surface area contributed by atoms with Crippen molar-refractivity contribution in [2.24, 2.45) is 11.7 Å². The minimum atomic E-state index is -1.02. The van der Waals surface area contributed by atoms with E-state index in [2.05, 4.69) is 6.58 Å². The predicted molar refractivity (Wildman–Crippen MR) is 63.6 cm³/mol. The Kier molecular flexibility index (Phi) is 3.05. The lowest BCUT2D eigenvalue weighted by molar-refractivity contribution is -0.138. The SMILES string of the molecule is C=C1C(CC(N)C(=O)O)C1SC(=O)C1(C)CO1. The van der Waals surface area contributed by atoms with Crippen molar-refractivity contribution in [3.8, 4) is 0 Å². The van der Waals surface area contributed by atoms with E-state index < -0.39 is 17.6 Å². The summed E-state index contributed by atoms with van der Waals surface area (Å²) in [5.74, 6) is -0.977. The van der Waals surface area contributed by atoms with Gasteiger partial charge in [-0.05, 0) is 19.3 Å². The van der Waals surface area contributed by atoms with Gasteiger partial charge in [0, 0.05) is 5.25 Å². The molecule has 0 aromatic carbocycles. The van der Waals surface area contributed by atoms with E-state index in [0.29, 0.717) is 13.0 Å². The van der Waals surface area contributed by atoms with Crippen LogP contribution in [-0.2, 0) is 14.3 Å². The minimum Gasteiger partial charge on any atom is -0.480 e. The van der Waals surface area contributed by atoms with Crippen LogP contribution in [0.2, 0.25) is 0 Å². The molecule has 0 amide bonds. The van der Waals surface area contributed by atoms with Gasteiger partial charge in [0.05, 0.1) is 6.61 Å². The highest BCUT2D eigenvalue weighted by Gasteiger charge is 2.53. The molecule has 3 N–H and O–H groups in total. The first kappa shape index (κ1) is 12.6. The Balaban J connectivity index is 1.82. The Hall–Kier alpha value is -0.850. The monoisotopic (exact) mass is 257 g/mol. The molecular formula is C11H15NO4S. The summed E-state index contributed by atoms with van der Waals surface area (Å²) in [4.78, 5) is 22.4. The fourth-order valence-electron chi connectivity index (χ4n) is 1.62. The van der Waals surface area contributed by atoms with Crippen LogP contribution in [0, 0.1) is 5.92 Å². The summed E-state index contributed by atoms with van der Waals surface area (Å²) < 4.78 is 5.06.